The highest BCUT2D eigenvalue weighted by Crippen LogP contribution is 2.16. The molecule has 19 heavy (non-hydrogen) atoms. The van der Waals surface area contributed by atoms with Gasteiger partial charge in [-0.15, -0.1) is 0 Å². The second-order valence-electron chi connectivity index (χ2n) is 4.64. The maximum atomic E-state index is 12.2. The van der Waals surface area contributed by atoms with Crippen LogP contribution in [0.2, 0.25) is 0 Å². The minimum atomic E-state index is -0.0540. The van der Waals surface area contributed by atoms with Crippen LogP contribution in [0, 0.1) is 6.92 Å². The van der Waals surface area contributed by atoms with Crippen molar-refractivity contribution in [3.8, 4) is 0 Å². The van der Waals surface area contributed by atoms with Crippen LogP contribution in [0.1, 0.15) is 31.0 Å². The summed E-state index contributed by atoms with van der Waals surface area (Å²) in [7, 11) is 1.86. The van der Waals surface area contributed by atoms with Crippen molar-refractivity contribution >= 4 is 29.3 Å². The van der Waals surface area contributed by atoms with Gasteiger partial charge in [0, 0.05) is 25.4 Å². The zero-order valence-corrected chi connectivity index (χ0v) is 12.3. The topological polar surface area (TPSA) is 50.2 Å². The van der Waals surface area contributed by atoms with E-state index in [-0.39, 0.29) is 5.91 Å². The maximum Gasteiger partial charge on any atom is 0.276 e. The normalized spacial score (nSPS) is 17.4. The smallest absolute Gasteiger partial charge is 0.276 e. The molecule has 1 N–H and O–H groups in total. The molecule has 0 aliphatic carbocycles. The number of aryl methyl sites for hydroxylation is 2. The molecule has 0 radical (unpaired) electrons. The first kappa shape index (κ1) is 13.7. The van der Waals surface area contributed by atoms with E-state index in [1.165, 1.54) is 0 Å². The Kier molecular flexibility index (Phi) is 3.99. The molecule has 1 fully saturated rings. The average Bonchev–Trinajstić information content (AvgIpc) is 2.79. The van der Waals surface area contributed by atoms with Crippen molar-refractivity contribution in [3.63, 3.8) is 0 Å². The van der Waals surface area contributed by atoms with Gasteiger partial charge in [-0.2, -0.15) is 5.10 Å². The van der Waals surface area contributed by atoms with E-state index in [0.717, 1.165) is 24.1 Å². The number of carbonyl (C=O) groups is 1. The summed E-state index contributed by atoms with van der Waals surface area (Å²) in [6.45, 7) is 4.68. The first-order valence-electron chi connectivity index (χ1n) is 6.37. The fourth-order valence-electron chi connectivity index (χ4n) is 2.01. The molecule has 0 atom stereocenters. The highest BCUT2D eigenvalue weighted by molar-refractivity contribution is 7.80. The van der Waals surface area contributed by atoms with E-state index in [4.69, 9.17) is 12.2 Å². The van der Waals surface area contributed by atoms with E-state index in [1.807, 2.05) is 26.2 Å². The predicted molar refractivity (Wildman–Crippen MR) is 78.3 cm³/mol. The largest absolute Gasteiger partial charge is 0.328 e. The van der Waals surface area contributed by atoms with Crippen molar-refractivity contribution in [3.05, 3.63) is 23.2 Å². The fraction of sp³-hybridized carbons (Fsp3) is 0.462. The number of nitrogens with zero attached hydrogens (tertiary/aromatic N) is 3. The van der Waals surface area contributed by atoms with Gasteiger partial charge in [-0.05, 0) is 31.6 Å². The summed E-state index contributed by atoms with van der Waals surface area (Å²) < 4.78 is 1.73. The van der Waals surface area contributed by atoms with E-state index in [0.29, 0.717) is 17.4 Å². The molecule has 102 valence electrons. The minimum absolute atomic E-state index is 0.0540. The molecule has 0 saturated carbocycles. The van der Waals surface area contributed by atoms with Gasteiger partial charge in [-0.25, -0.2) is 0 Å². The van der Waals surface area contributed by atoms with Crippen molar-refractivity contribution in [1.82, 2.24) is 20.0 Å². The monoisotopic (exact) mass is 278 g/mol. The summed E-state index contributed by atoms with van der Waals surface area (Å²) in [6, 6.07) is 0. The van der Waals surface area contributed by atoms with Gasteiger partial charge in [0.15, 0.2) is 5.11 Å². The van der Waals surface area contributed by atoms with Gasteiger partial charge in [0.25, 0.3) is 5.91 Å². The predicted octanol–water partition coefficient (Wildman–Crippen LogP) is 1.59. The van der Waals surface area contributed by atoms with Gasteiger partial charge >= 0.3 is 0 Å². The number of unbranched alkanes of at least 4 members (excludes halogenated alkanes) is 1. The number of carbonyl (C=O) groups excluding carboxylic acids is 1. The van der Waals surface area contributed by atoms with Gasteiger partial charge in [0.05, 0.1) is 5.69 Å². The number of rotatable bonds is 4. The first-order valence-corrected chi connectivity index (χ1v) is 6.78. The molecule has 0 aromatic carbocycles. The zero-order valence-electron chi connectivity index (χ0n) is 11.4. The van der Waals surface area contributed by atoms with Crippen molar-refractivity contribution in [1.29, 1.82) is 0 Å². The minimum Gasteiger partial charge on any atom is -0.328 e. The number of thiocarbonyl (C=S) groups is 1. The van der Waals surface area contributed by atoms with Crippen LogP contribution in [0.5, 0.6) is 0 Å². The van der Waals surface area contributed by atoms with Crippen LogP contribution in [-0.4, -0.2) is 32.2 Å². The summed E-state index contributed by atoms with van der Waals surface area (Å²) in [4.78, 5) is 13.8. The van der Waals surface area contributed by atoms with Gasteiger partial charge in [-0.3, -0.25) is 14.4 Å². The summed E-state index contributed by atoms with van der Waals surface area (Å²) >= 11 is 5.19. The van der Waals surface area contributed by atoms with Crippen molar-refractivity contribution in [2.45, 2.75) is 26.7 Å². The highest BCUT2D eigenvalue weighted by atomic mass is 32.1. The molecule has 6 heteroatoms. The van der Waals surface area contributed by atoms with E-state index >= 15 is 0 Å². The van der Waals surface area contributed by atoms with E-state index in [9.17, 15) is 4.79 Å². The molecule has 2 rings (SSSR count). The Morgan fingerprint density at radius 1 is 1.53 bits per heavy atom. The summed E-state index contributed by atoms with van der Waals surface area (Å²) in [5.74, 6) is -0.0540. The second-order valence-corrected chi connectivity index (χ2v) is 5.03. The lowest BCUT2D eigenvalue weighted by Crippen LogP contribution is -2.31. The van der Waals surface area contributed by atoms with Crippen LogP contribution in [0.3, 0.4) is 0 Å². The molecule has 1 aliphatic heterocycles. The molecule has 5 nitrogen and oxygen atoms in total. The summed E-state index contributed by atoms with van der Waals surface area (Å²) in [5.41, 5.74) is 2.35. The van der Waals surface area contributed by atoms with E-state index in [2.05, 4.69) is 17.3 Å². The average molecular weight is 278 g/mol. The number of hydrogen-bond donors (Lipinski definition) is 1. The lowest BCUT2D eigenvalue weighted by atomic mass is 10.2. The molecular weight excluding hydrogens is 260 g/mol. The second kappa shape index (κ2) is 5.52. The fourth-order valence-corrected chi connectivity index (χ4v) is 2.29. The molecule has 1 saturated heterocycles. The molecule has 0 spiro atoms. The van der Waals surface area contributed by atoms with Crippen LogP contribution in [-0.2, 0) is 11.8 Å². The molecule has 1 aromatic rings. The Bertz CT molecular complexity index is 547. The molecule has 0 unspecified atom stereocenters. The van der Waals surface area contributed by atoms with Crippen LogP contribution in [0.4, 0.5) is 0 Å². The van der Waals surface area contributed by atoms with Crippen LogP contribution in [0.15, 0.2) is 11.9 Å². The third-order valence-corrected chi connectivity index (χ3v) is 3.37. The lowest BCUT2D eigenvalue weighted by molar-refractivity contribution is -0.122. The molecule has 0 bridgehead atoms. The van der Waals surface area contributed by atoms with Crippen LogP contribution < -0.4 is 5.32 Å². The van der Waals surface area contributed by atoms with Gasteiger partial charge in [-0.1, -0.05) is 13.3 Å². The van der Waals surface area contributed by atoms with Gasteiger partial charge in [0.2, 0.25) is 0 Å². The highest BCUT2D eigenvalue weighted by Gasteiger charge is 2.30. The van der Waals surface area contributed by atoms with Crippen molar-refractivity contribution < 1.29 is 4.79 Å². The number of amides is 1. The van der Waals surface area contributed by atoms with Crippen molar-refractivity contribution in [2.24, 2.45) is 7.05 Å². The molecular formula is C13H18N4OS. The Hall–Kier alpha value is -1.69. The molecule has 1 amide bonds. The SMILES string of the molecule is CCCCN1C(=O)C(=Cc2cn(C)nc2C)NC1=S. The Morgan fingerprint density at radius 3 is 2.84 bits per heavy atom. The molecule has 2 heterocycles. The zero-order chi connectivity index (χ0) is 14.0. The molecule has 1 aliphatic rings. The van der Waals surface area contributed by atoms with Crippen LogP contribution >= 0.6 is 12.2 Å². The van der Waals surface area contributed by atoms with Gasteiger partial charge < -0.3 is 5.32 Å². The Labute approximate surface area is 118 Å². The van der Waals surface area contributed by atoms with E-state index in [1.54, 1.807) is 9.58 Å². The number of aromatic nitrogens is 2. The standard InChI is InChI=1S/C13H18N4OS/c1-4-5-6-17-12(18)11(14-13(17)19)7-10-8-16(3)15-9(10)2/h7-8H,4-6H2,1-3H3,(H,14,19). The summed E-state index contributed by atoms with van der Waals surface area (Å²) in [5, 5.41) is 7.72. The maximum absolute atomic E-state index is 12.2. The van der Waals surface area contributed by atoms with E-state index < -0.39 is 0 Å². The molecule has 1 aromatic heterocycles. The lowest BCUT2D eigenvalue weighted by Gasteiger charge is -2.12. The van der Waals surface area contributed by atoms with Crippen molar-refractivity contribution in [2.75, 3.05) is 6.54 Å². The van der Waals surface area contributed by atoms with Crippen LogP contribution in [0.25, 0.3) is 6.08 Å². The third kappa shape index (κ3) is 2.84. The third-order valence-electron chi connectivity index (χ3n) is 3.05. The Balaban J connectivity index is 2.20. The van der Waals surface area contributed by atoms with Gasteiger partial charge in [0.1, 0.15) is 5.70 Å². The summed E-state index contributed by atoms with van der Waals surface area (Å²) in [6.07, 6.45) is 5.68. The quantitative estimate of drug-likeness (QED) is 0.671. The number of nitrogens with one attached hydrogen (secondary N) is 1. The first-order chi connectivity index (χ1) is 9.02. The Morgan fingerprint density at radius 2 is 2.26 bits per heavy atom. The number of hydrogen-bond acceptors (Lipinski definition) is 3.